The van der Waals surface area contributed by atoms with Crippen molar-refractivity contribution in [2.75, 3.05) is 26.2 Å². The third-order valence-corrected chi connectivity index (χ3v) is 5.67. The van der Waals surface area contributed by atoms with Crippen LogP contribution in [0.25, 0.3) is 0 Å². The Bertz CT molecular complexity index is 686. The van der Waals surface area contributed by atoms with Crippen LogP contribution in [0.15, 0.2) is 24.3 Å². The van der Waals surface area contributed by atoms with Crippen molar-refractivity contribution in [3.8, 4) is 0 Å². The number of carbonyl (C=O) groups is 3. The lowest BCUT2D eigenvalue weighted by Crippen LogP contribution is -2.41. The second-order valence-corrected chi connectivity index (χ2v) is 7.55. The van der Waals surface area contributed by atoms with Crippen molar-refractivity contribution in [1.82, 2.24) is 9.80 Å². The second kappa shape index (κ2) is 9.02. The molecule has 6 nitrogen and oxygen atoms in total. The van der Waals surface area contributed by atoms with Crippen molar-refractivity contribution < 1.29 is 19.5 Å². The van der Waals surface area contributed by atoms with E-state index in [1.807, 2.05) is 21.9 Å². The van der Waals surface area contributed by atoms with Crippen molar-refractivity contribution in [2.45, 2.75) is 50.9 Å². The van der Waals surface area contributed by atoms with E-state index < -0.39 is 5.97 Å². The highest BCUT2D eigenvalue weighted by atomic mass is 16.4. The topological polar surface area (TPSA) is 77.9 Å². The van der Waals surface area contributed by atoms with E-state index in [1.54, 1.807) is 12.1 Å². The van der Waals surface area contributed by atoms with Crippen LogP contribution < -0.4 is 0 Å². The van der Waals surface area contributed by atoms with E-state index in [0.717, 1.165) is 50.8 Å². The van der Waals surface area contributed by atoms with Gasteiger partial charge in [-0.3, -0.25) is 9.59 Å². The molecule has 2 amide bonds. The highest BCUT2D eigenvalue weighted by Crippen LogP contribution is 2.27. The predicted molar refractivity (Wildman–Crippen MR) is 102 cm³/mol. The first-order chi connectivity index (χ1) is 13.0. The number of hydrogen-bond acceptors (Lipinski definition) is 3. The monoisotopic (exact) mass is 372 g/mol. The fourth-order valence-corrected chi connectivity index (χ4v) is 4.04. The third kappa shape index (κ3) is 5.08. The summed E-state index contributed by atoms with van der Waals surface area (Å²) in [5.41, 5.74) is 1.37. The maximum Gasteiger partial charge on any atom is 0.335 e. The van der Waals surface area contributed by atoms with Gasteiger partial charge in [0.15, 0.2) is 0 Å². The lowest BCUT2D eigenvalue weighted by Gasteiger charge is -2.33. The van der Waals surface area contributed by atoms with Crippen LogP contribution in [0.2, 0.25) is 0 Å². The largest absolute Gasteiger partial charge is 0.478 e. The van der Waals surface area contributed by atoms with Crippen molar-refractivity contribution in [3.05, 3.63) is 35.4 Å². The SMILES string of the molecule is O=C(O)c1ccc(C2CCCN(C(=O)CCN3CCCCCC3=O)C2)cc1. The Kier molecular flexibility index (Phi) is 6.48. The first-order valence-electron chi connectivity index (χ1n) is 9.93. The number of aromatic carboxylic acids is 1. The Balaban J connectivity index is 1.54. The summed E-state index contributed by atoms with van der Waals surface area (Å²) in [6.07, 6.45) is 6.00. The molecule has 0 spiro atoms. The minimum atomic E-state index is -0.926. The molecule has 27 heavy (non-hydrogen) atoms. The van der Waals surface area contributed by atoms with Crippen LogP contribution in [0.1, 0.15) is 66.8 Å². The van der Waals surface area contributed by atoms with Crippen molar-refractivity contribution in [3.63, 3.8) is 0 Å². The van der Waals surface area contributed by atoms with E-state index in [2.05, 4.69) is 0 Å². The van der Waals surface area contributed by atoms with Gasteiger partial charge in [-0.05, 0) is 43.4 Å². The molecule has 2 saturated heterocycles. The van der Waals surface area contributed by atoms with E-state index >= 15 is 0 Å². The quantitative estimate of drug-likeness (QED) is 0.862. The maximum atomic E-state index is 12.7. The summed E-state index contributed by atoms with van der Waals surface area (Å²) < 4.78 is 0. The zero-order valence-corrected chi connectivity index (χ0v) is 15.7. The molecule has 146 valence electrons. The molecule has 3 rings (SSSR count). The van der Waals surface area contributed by atoms with E-state index in [0.29, 0.717) is 25.9 Å². The summed E-state index contributed by atoms with van der Waals surface area (Å²) in [6.45, 7) is 2.71. The zero-order chi connectivity index (χ0) is 19.2. The second-order valence-electron chi connectivity index (χ2n) is 7.55. The van der Waals surface area contributed by atoms with Gasteiger partial charge in [0.25, 0.3) is 0 Å². The highest BCUT2D eigenvalue weighted by Gasteiger charge is 2.26. The molecule has 0 bridgehead atoms. The molecular weight excluding hydrogens is 344 g/mol. The molecule has 0 aromatic heterocycles. The van der Waals surface area contributed by atoms with Gasteiger partial charge in [-0.15, -0.1) is 0 Å². The highest BCUT2D eigenvalue weighted by molar-refractivity contribution is 5.87. The average Bonchev–Trinajstić information content (AvgIpc) is 2.90. The summed E-state index contributed by atoms with van der Waals surface area (Å²) in [5.74, 6) is -0.398. The van der Waals surface area contributed by atoms with E-state index in [4.69, 9.17) is 5.11 Å². The number of carbonyl (C=O) groups excluding carboxylic acids is 2. The van der Waals surface area contributed by atoms with Gasteiger partial charge in [0, 0.05) is 44.9 Å². The van der Waals surface area contributed by atoms with Crippen LogP contribution in [-0.2, 0) is 9.59 Å². The molecule has 2 fully saturated rings. The molecule has 6 heteroatoms. The smallest absolute Gasteiger partial charge is 0.335 e. The standard InChI is InChI=1S/C21H28N2O4/c24-19-6-2-1-3-12-22(19)14-11-20(25)23-13-4-5-18(15-23)16-7-9-17(10-8-16)21(26)27/h7-10,18H,1-6,11-15H2,(H,26,27). The summed E-state index contributed by atoms with van der Waals surface area (Å²) in [4.78, 5) is 39.5. The summed E-state index contributed by atoms with van der Waals surface area (Å²) in [7, 11) is 0. The molecule has 0 aliphatic carbocycles. The molecular formula is C21H28N2O4. The Morgan fingerprint density at radius 3 is 2.56 bits per heavy atom. The number of hydrogen-bond donors (Lipinski definition) is 1. The molecule has 1 atom stereocenters. The van der Waals surface area contributed by atoms with Gasteiger partial charge in [-0.25, -0.2) is 4.79 Å². The van der Waals surface area contributed by atoms with Crippen molar-refractivity contribution >= 4 is 17.8 Å². The van der Waals surface area contributed by atoms with Gasteiger partial charge >= 0.3 is 5.97 Å². The van der Waals surface area contributed by atoms with Crippen LogP contribution in [-0.4, -0.2) is 58.9 Å². The number of rotatable bonds is 5. The molecule has 0 radical (unpaired) electrons. The first kappa shape index (κ1) is 19.4. The van der Waals surface area contributed by atoms with E-state index in [9.17, 15) is 14.4 Å². The number of carboxylic acids is 1. The molecule has 2 aliphatic heterocycles. The Morgan fingerprint density at radius 1 is 1.04 bits per heavy atom. The molecule has 2 heterocycles. The van der Waals surface area contributed by atoms with Crippen LogP contribution in [0, 0.1) is 0 Å². The van der Waals surface area contributed by atoms with Crippen LogP contribution in [0.4, 0.5) is 0 Å². The Labute approximate surface area is 160 Å². The number of amides is 2. The third-order valence-electron chi connectivity index (χ3n) is 5.67. The van der Waals surface area contributed by atoms with Crippen LogP contribution in [0.3, 0.4) is 0 Å². The average molecular weight is 372 g/mol. The fraction of sp³-hybridized carbons (Fsp3) is 0.571. The number of carboxylic acid groups (broad SMARTS) is 1. The Morgan fingerprint density at radius 2 is 1.81 bits per heavy atom. The summed E-state index contributed by atoms with van der Waals surface area (Å²) >= 11 is 0. The van der Waals surface area contributed by atoms with Gasteiger partial charge in [-0.2, -0.15) is 0 Å². The minimum Gasteiger partial charge on any atom is -0.478 e. The van der Waals surface area contributed by atoms with Gasteiger partial charge < -0.3 is 14.9 Å². The van der Waals surface area contributed by atoms with Gasteiger partial charge in [0.05, 0.1) is 5.56 Å². The minimum absolute atomic E-state index is 0.110. The number of piperidine rings is 1. The van der Waals surface area contributed by atoms with E-state index in [1.165, 1.54) is 0 Å². The lowest BCUT2D eigenvalue weighted by atomic mass is 9.90. The van der Waals surface area contributed by atoms with Crippen LogP contribution >= 0.6 is 0 Å². The maximum absolute atomic E-state index is 12.7. The number of benzene rings is 1. The molecule has 1 aromatic rings. The van der Waals surface area contributed by atoms with Gasteiger partial charge in [0.1, 0.15) is 0 Å². The predicted octanol–water partition coefficient (Wildman–Crippen LogP) is 2.88. The van der Waals surface area contributed by atoms with Crippen molar-refractivity contribution in [2.24, 2.45) is 0 Å². The molecule has 0 saturated carbocycles. The normalized spacial score (nSPS) is 21.0. The zero-order valence-electron chi connectivity index (χ0n) is 15.7. The molecule has 2 aliphatic rings. The van der Waals surface area contributed by atoms with E-state index in [-0.39, 0.29) is 23.3 Å². The fourth-order valence-electron chi connectivity index (χ4n) is 4.04. The summed E-state index contributed by atoms with van der Waals surface area (Å²) in [6, 6.07) is 6.97. The summed E-state index contributed by atoms with van der Waals surface area (Å²) in [5, 5.41) is 9.02. The molecule has 1 N–H and O–H groups in total. The number of nitrogens with zero attached hydrogens (tertiary/aromatic N) is 2. The van der Waals surface area contributed by atoms with Crippen LogP contribution in [0.5, 0.6) is 0 Å². The molecule has 1 unspecified atom stereocenters. The molecule has 1 aromatic carbocycles. The van der Waals surface area contributed by atoms with Gasteiger partial charge in [-0.1, -0.05) is 18.6 Å². The first-order valence-corrected chi connectivity index (χ1v) is 9.93. The van der Waals surface area contributed by atoms with Gasteiger partial charge in [0.2, 0.25) is 11.8 Å². The lowest BCUT2D eigenvalue weighted by molar-refractivity contribution is -0.134. The number of likely N-dealkylation sites (tertiary alicyclic amines) is 2. The van der Waals surface area contributed by atoms with Crippen molar-refractivity contribution in [1.29, 1.82) is 0 Å². The Hall–Kier alpha value is -2.37.